The first-order valence-corrected chi connectivity index (χ1v) is 4.49. The number of nitrogens with zero attached hydrogens (tertiary/aromatic N) is 1. The van der Waals surface area contributed by atoms with Crippen LogP contribution in [0, 0.1) is 17.2 Å². The van der Waals surface area contributed by atoms with Crippen molar-refractivity contribution in [2.45, 2.75) is 19.5 Å². The lowest BCUT2D eigenvalue weighted by Crippen LogP contribution is -2.05. The first-order valence-electron chi connectivity index (χ1n) is 4.49. The molecule has 1 nitrogen and oxygen atoms in total. The molecule has 0 amide bonds. The Balaban J connectivity index is 2.78. The standard InChI is InChI=1S/C11H10F3N/c1-8(7-15)6-9-2-4-10(5-3-9)11(12,13)14/h2-5,8H,6H2,1H3/t8-/m0/s1. The van der Waals surface area contributed by atoms with E-state index in [0.717, 1.165) is 17.7 Å². The Bertz CT molecular complexity index is 359. The maximum atomic E-state index is 12.2. The summed E-state index contributed by atoms with van der Waals surface area (Å²) in [6, 6.07) is 6.94. The van der Waals surface area contributed by atoms with E-state index >= 15 is 0 Å². The zero-order valence-electron chi connectivity index (χ0n) is 8.17. The van der Waals surface area contributed by atoms with Gasteiger partial charge in [-0.2, -0.15) is 18.4 Å². The zero-order valence-corrected chi connectivity index (χ0v) is 8.17. The third-order valence-corrected chi connectivity index (χ3v) is 2.04. The van der Waals surface area contributed by atoms with Crippen molar-refractivity contribution in [2.75, 3.05) is 0 Å². The van der Waals surface area contributed by atoms with Crippen molar-refractivity contribution in [3.8, 4) is 6.07 Å². The van der Waals surface area contributed by atoms with E-state index in [9.17, 15) is 13.2 Å². The van der Waals surface area contributed by atoms with Crippen molar-refractivity contribution in [3.63, 3.8) is 0 Å². The molecule has 0 radical (unpaired) electrons. The molecule has 15 heavy (non-hydrogen) atoms. The van der Waals surface area contributed by atoms with Gasteiger partial charge in [-0.15, -0.1) is 0 Å². The van der Waals surface area contributed by atoms with E-state index in [1.54, 1.807) is 6.92 Å². The zero-order chi connectivity index (χ0) is 11.5. The second kappa shape index (κ2) is 4.35. The van der Waals surface area contributed by atoms with Gasteiger partial charge in [-0.3, -0.25) is 0 Å². The number of alkyl halides is 3. The molecule has 0 saturated carbocycles. The van der Waals surface area contributed by atoms with Crippen LogP contribution in [0.1, 0.15) is 18.1 Å². The highest BCUT2D eigenvalue weighted by Crippen LogP contribution is 2.29. The predicted molar refractivity (Wildman–Crippen MR) is 49.9 cm³/mol. The minimum Gasteiger partial charge on any atom is -0.198 e. The third-order valence-electron chi connectivity index (χ3n) is 2.04. The highest BCUT2D eigenvalue weighted by Gasteiger charge is 2.29. The van der Waals surface area contributed by atoms with Crippen LogP contribution in [0.2, 0.25) is 0 Å². The van der Waals surface area contributed by atoms with Crippen LogP contribution >= 0.6 is 0 Å². The molecule has 1 aromatic rings. The van der Waals surface area contributed by atoms with Crippen LogP contribution in [0.5, 0.6) is 0 Å². The molecule has 0 saturated heterocycles. The summed E-state index contributed by atoms with van der Waals surface area (Å²) in [7, 11) is 0. The predicted octanol–water partition coefficient (Wildman–Crippen LogP) is 3.41. The van der Waals surface area contributed by atoms with Gasteiger partial charge in [0.1, 0.15) is 0 Å². The van der Waals surface area contributed by atoms with Crippen LogP contribution in [0.4, 0.5) is 13.2 Å². The van der Waals surface area contributed by atoms with E-state index in [-0.39, 0.29) is 5.92 Å². The van der Waals surface area contributed by atoms with E-state index in [0.29, 0.717) is 6.42 Å². The van der Waals surface area contributed by atoms with Gasteiger partial charge < -0.3 is 0 Å². The van der Waals surface area contributed by atoms with Gasteiger partial charge in [0, 0.05) is 5.92 Å². The summed E-state index contributed by atoms with van der Waals surface area (Å²) >= 11 is 0. The van der Waals surface area contributed by atoms with Crippen LogP contribution < -0.4 is 0 Å². The van der Waals surface area contributed by atoms with Gasteiger partial charge in [0.2, 0.25) is 0 Å². The summed E-state index contributed by atoms with van der Waals surface area (Å²) < 4.78 is 36.6. The van der Waals surface area contributed by atoms with Crippen molar-refractivity contribution >= 4 is 0 Å². The Morgan fingerprint density at radius 3 is 2.20 bits per heavy atom. The Morgan fingerprint density at radius 1 is 1.27 bits per heavy atom. The molecule has 0 N–H and O–H groups in total. The molecule has 1 atom stereocenters. The van der Waals surface area contributed by atoms with Gasteiger partial charge in [0.25, 0.3) is 0 Å². The Morgan fingerprint density at radius 2 is 1.80 bits per heavy atom. The van der Waals surface area contributed by atoms with Gasteiger partial charge in [-0.1, -0.05) is 12.1 Å². The molecule has 0 bridgehead atoms. The highest BCUT2D eigenvalue weighted by molar-refractivity contribution is 5.25. The fourth-order valence-corrected chi connectivity index (χ4v) is 1.23. The molecule has 0 unspecified atom stereocenters. The molecule has 0 aromatic heterocycles. The van der Waals surface area contributed by atoms with Crippen molar-refractivity contribution in [1.29, 1.82) is 5.26 Å². The fourth-order valence-electron chi connectivity index (χ4n) is 1.23. The largest absolute Gasteiger partial charge is 0.416 e. The van der Waals surface area contributed by atoms with Crippen LogP contribution in [0.15, 0.2) is 24.3 Å². The number of benzene rings is 1. The molecule has 0 aliphatic carbocycles. The van der Waals surface area contributed by atoms with E-state index in [1.807, 2.05) is 6.07 Å². The summed E-state index contributed by atoms with van der Waals surface area (Å²) in [5.41, 5.74) is 0.0907. The Kier molecular flexibility index (Phi) is 3.35. The topological polar surface area (TPSA) is 23.8 Å². The molecule has 80 valence electrons. The summed E-state index contributed by atoms with van der Waals surface area (Å²) in [6.07, 6.45) is -3.81. The van der Waals surface area contributed by atoms with Gasteiger partial charge in [0.15, 0.2) is 0 Å². The molecule has 0 aliphatic heterocycles. The highest BCUT2D eigenvalue weighted by atomic mass is 19.4. The maximum absolute atomic E-state index is 12.2. The first-order chi connectivity index (χ1) is 6.93. The Labute approximate surface area is 86.1 Å². The summed E-state index contributed by atoms with van der Waals surface area (Å²) in [5.74, 6) is -0.179. The fraction of sp³-hybridized carbons (Fsp3) is 0.364. The molecule has 1 rings (SSSR count). The van der Waals surface area contributed by atoms with Crippen LogP contribution in [-0.2, 0) is 12.6 Å². The second-order valence-electron chi connectivity index (χ2n) is 3.43. The lowest BCUT2D eigenvalue weighted by Gasteiger charge is -2.07. The molecular formula is C11H10F3N. The number of nitriles is 1. The monoisotopic (exact) mass is 213 g/mol. The normalized spacial score (nSPS) is 13.3. The quantitative estimate of drug-likeness (QED) is 0.738. The summed E-state index contributed by atoms with van der Waals surface area (Å²) in [4.78, 5) is 0. The smallest absolute Gasteiger partial charge is 0.198 e. The molecule has 0 fully saturated rings. The van der Waals surface area contributed by atoms with E-state index in [4.69, 9.17) is 5.26 Å². The lowest BCUT2D eigenvalue weighted by molar-refractivity contribution is -0.137. The molecule has 4 heteroatoms. The maximum Gasteiger partial charge on any atom is 0.416 e. The SMILES string of the molecule is C[C@H](C#N)Cc1ccc(C(F)(F)F)cc1. The minimum atomic E-state index is -4.29. The number of halogens is 3. The third kappa shape index (κ3) is 3.28. The van der Waals surface area contributed by atoms with Crippen molar-refractivity contribution in [1.82, 2.24) is 0 Å². The minimum absolute atomic E-state index is 0.179. The summed E-state index contributed by atoms with van der Waals surface area (Å²) in [5, 5.41) is 8.55. The molecule has 0 aliphatic rings. The van der Waals surface area contributed by atoms with Gasteiger partial charge in [0.05, 0.1) is 11.6 Å². The molecule has 0 spiro atoms. The van der Waals surface area contributed by atoms with E-state index in [2.05, 4.69) is 0 Å². The average Bonchev–Trinajstić information content (AvgIpc) is 2.17. The number of rotatable bonds is 2. The second-order valence-corrected chi connectivity index (χ2v) is 3.43. The molecule has 0 heterocycles. The van der Waals surface area contributed by atoms with Crippen molar-refractivity contribution in [2.24, 2.45) is 5.92 Å². The van der Waals surface area contributed by atoms with E-state index < -0.39 is 11.7 Å². The summed E-state index contributed by atoms with van der Waals surface area (Å²) in [6.45, 7) is 1.73. The van der Waals surface area contributed by atoms with Crippen molar-refractivity contribution in [3.05, 3.63) is 35.4 Å². The van der Waals surface area contributed by atoms with Crippen LogP contribution in [0.25, 0.3) is 0 Å². The van der Waals surface area contributed by atoms with Gasteiger partial charge in [-0.05, 0) is 31.0 Å². The Hall–Kier alpha value is -1.50. The van der Waals surface area contributed by atoms with Crippen molar-refractivity contribution < 1.29 is 13.2 Å². The number of hydrogen-bond acceptors (Lipinski definition) is 1. The molecule has 1 aromatic carbocycles. The molecular weight excluding hydrogens is 203 g/mol. The lowest BCUT2D eigenvalue weighted by atomic mass is 10.0. The van der Waals surface area contributed by atoms with Crippen LogP contribution in [0.3, 0.4) is 0 Å². The van der Waals surface area contributed by atoms with Gasteiger partial charge in [-0.25, -0.2) is 0 Å². The average molecular weight is 213 g/mol. The first kappa shape index (κ1) is 11.6. The van der Waals surface area contributed by atoms with E-state index in [1.165, 1.54) is 12.1 Å². The van der Waals surface area contributed by atoms with Gasteiger partial charge >= 0.3 is 6.18 Å². The number of hydrogen-bond donors (Lipinski definition) is 0. The van der Waals surface area contributed by atoms with Crippen LogP contribution in [-0.4, -0.2) is 0 Å².